The molecule has 86 valence electrons. The SMILES string of the molecule is CC1CCC(CNC2C=CS(=O)(=O)C2)O1. The van der Waals surface area contributed by atoms with Crippen molar-refractivity contribution in [2.24, 2.45) is 0 Å². The van der Waals surface area contributed by atoms with Crippen LogP contribution in [-0.2, 0) is 14.6 Å². The van der Waals surface area contributed by atoms with E-state index in [-0.39, 0.29) is 17.9 Å². The lowest BCUT2D eigenvalue weighted by atomic mass is 10.2. The Hall–Kier alpha value is -0.390. The van der Waals surface area contributed by atoms with Gasteiger partial charge in [0.15, 0.2) is 9.84 Å². The first-order chi connectivity index (χ1) is 7.05. The summed E-state index contributed by atoms with van der Waals surface area (Å²) >= 11 is 0. The molecule has 2 rings (SSSR count). The van der Waals surface area contributed by atoms with E-state index in [1.165, 1.54) is 5.41 Å². The first-order valence-corrected chi connectivity index (χ1v) is 7.06. The molecule has 0 spiro atoms. The van der Waals surface area contributed by atoms with E-state index in [9.17, 15) is 8.42 Å². The van der Waals surface area contributed by atoms with Crippen molar-refractivity contribution in [2.75, 3.05) is 12.3 Å². The molecule has 1 fully saturated rings. The van der Waals surface area contributed by atoms with E-state index in [2.05, 4.69) is 12.2 Å². The van der Waals surface area contributed by atoms with Gasteiger partial charge in [0, 0.05) is 18.0 Å². The van der Waals surface area contributed by atoms with E-state index in [1.807, 2.05) is 0 Å². The van der Waals surface area contributed by atoms with Crippen molar-refractivity contribution in [3.8, 4) is 0 Å². The van der Waals surface area contributed by atoms with Crippen LogP contribution >= 0.6 is 0 Å². The van der Waals surface area contributed by atoms with Crippen LogP contribution in [0.15, 0.2) is 11.5 Å². The standard InChI is InChI=1S/C10H17NO3S/c1-8-2-3-10(14-8)6-11-9-4-5-15(12,13)7-9/h4-5,8-11H,2-3,6-7H2,1H3. The minimum atomic E-state index is -2.94. The number of nitrogens with one attached hydrogen (secondary N) is 1. The summed E-state index contributed by atoms with van der Waals surface area (Å²) in [6, 6.07) is -0.0329. The van der Waals surface area contributed by atoms with E-state index in [1.54, 1.807) is 6.08 Å². The fourth-order valence-corrected chi connectivity index (χ4v) is 3.29. The third kappa shape index (κ3) is 3.03. The molecule has 4 nitrogen and oxygen atoms in total. The molecule has 5 heteroatoms. The summed E-state index contributed by atoms with van der Waals surface area (Å²) in [5.74, 6) is 0.190. The number of sulfone groups is 1. The average Bonchev–Trinajstić information content (AvgIpc) is 2.69. The zero-order valence-corrected chi connectivity index (χ0v) is 9.66. The maximum atomic E-state index is 11.1. The Labute approximate surface area is 90.6 Å². The minimum Gasteiger partial charge on any atom is -0.374 e. The molecule has 3 unspecified atom stereocenters. The Bertz CT molecular complexity index is 350. The second-order valence-electron chi connectivity index (χ2n) is 4.32. The van der Waals surface area contributed by atoms with Crippen molar-refractivity contribution >= 4 is 9.84 Å². The second-order valence-corrected chi connectivity index (χ2v) is 6.25. The van der Waals surface area contributed by atoms with E-state index >= 15 is 0 Å². The molecule has 1 saturated heterocycles. The highest BCUT2D eigenvalue weighted by atomic mass is 32.2. The molecular weight excluding hydrogens is 214 g/mol. The molecule has 0 aliphatic carbocycles. The number of ether oxygens (including phenoxy) is 1. The fraction of sp³-hybridized carbons (Fsp3) is 0.800. The lowest BCUT2D eigenvalue weighted by Gasteiger charge is -2.15. The van der Waals surface area contributed by atoms with Crippen LogP contribution in [0.1, 0.15) is 19.8 Å². The Morgan fingerprint density at radius 3 is 2.80 bits per heavy atom. The van der Waals surface area contributed by atoms with E-state index in [0.717, 1.165) is 19.4 Å². The lowest BCUT2D eigenvalue weighted by Crippen LogP contribution is -2.36. The van der Waals surface area contributed by atoms with Crippen LogP contribution in [-0.4, -0.2) is 39.0 Å². The average molecular weight is 231 g/mol. The van der Waals surface area contributed by atoms with Crippen LogP contribution in [0, 0.1) is 0 Å². The number of rotatable bonds is 3. The number of hydrogen-bond acceptors (Lipinski definition) is 4. The second kappa shape index (κ2) is 4.23. The fourth-order valence-electron chi connectivity index (χ4n) is 2.02. The summed E-state index contributed by atoms with van der Waals surface area (Å²) in [7, 11) is -2.94. The largest absolute Gasteiger partial charge is 0.374 e. The Balaban J connectivity index is 1.74. The molecule has 0 aromatic heterocycles. The summed E-state index contributed by atoms with van der Waals surface area (Å²) in [5.41, 5.74) is 0. The van der Waals surface area contributed by atoms with Crippen LogP contribution in [0.5, 0.6) is 0 Å². The maximum Gasteiger partial charge on any atom is 0.173 e. The van der Waals surface area contributed by atoms with E-state index < -0.39 is 9.84 Å². The molecule has 0 saturated carbocycles. The molecule has 15 heavy (non-hydrogen) atoms. The van der Waals surface area contributed by atoms with Gasteiger partial charge in [0.05, 0.1) is 18.0 Å². The molecule has 2 aliphatic rings. The van der Waals surface area contributed by atoms with Gasteiger partial charge in [0.2, 0.25) is 0 Å². The van der Waals surface area contributed by atoms with Crippen molar-refractivity contribution in [3.05, 3.63) is 11.5 Å². The van der Waals surface area contributed by atoms with Gasteiger partial charge in [-0.3, -0.25) is 0 Å². The Kier molecular flexibility index (Phi) is 3.13. The zero-order chi connectivity index (χ0) is 10.9. The molecule has 1 N–H and O–H groups in total. The predicted molar refractivity (Wildman–Crippen MR) is 58.3 cm³/mol. The molecule has 2 heterocycles. The van der Waals surface area contributed by atoms with Crippen LogP contribution in [0.3, 0.4) is 0 Å². The van der Waals surface area contributed by atoms with Crippen molar-refractivity contribution in [1.29, 1.82) is 0 Å². The summed E-state index contributed by atoms with van der Waals surface area (Å²) in [6.07, 6.45) is 4.48. The van der Waals surface area contributed by atoms with Gasteiger partial charge in [-0.05, 0) is 19.8 Å². The zero-order valence-electron chi connectivity index (χ0n) is 8.85. The molecule has 2 aliphatic heterocycles. The van der Waals surface area contributed by atoms with Crippen molar-refractivity contribution < 1.29 is 13.2 Å². The van der Waals surface area contributed by atoms with Gasteiger partial charge in [-0.25, -0.2) is 8.42 Å². The topological polar surface area (TPSA) is 55.4 Å². The minimum absolute atomic E-state index is 0.0329. The van der Waals surface area contributed by atoms with Gasteiger partial charge in [0.25, 0.3) is 0 Å². The van der Waals surface area contributed by atoms with Gasteiger partial charge >= 0.3 is 0 Å². The summed E-state index contributed by atoms with van der Waals surface area (Å²) in [4.78, 5) is 0. The summed E-state index contributed by atoms with van der Waals surface area (Å²) < 4.78 is 27.9. The Morgan fingerprint density at radius 1 is 1.47 bits per heavy atom. The number of hydrogen-bond donors (Lipinski definition) is 1. The van der Waals surface area contributed by atoms with Gasteiger partial charge in [-0.1, -0.05) is 6.08 Å². The van der Waals surface area contributed by atoms with Crippen LogP contribution < -0.4 is 5.32 Å². The molecular formula is C10H17NO3S. The summed E-state index contributed by atoms with van der Waals surface area (Å²) in [6.45, 7) is 2.81. The van der Waals surface area contributed by atoms with Crippen LogP contribution in [0.2, 0.25) is 0 Å². The molecule has 0 amide bonds. The quantitative estimate of drug-likeness (QED) is 0.766. The molecule has 0 radical (unpaired) electrons. The molecule has 0 bridgehead atoms. The normalized spacial score (nSPS) is 38.6. The maximum absolute atomic E-state index is 11.1. The van der Waals surface area contributed by atoms with Gasteiger partial charge < -0.3 is 10.1 Å². The van der Waals surface area contributed by atoms with Crippen molar-refractivity contribution in [1.82, 2.24) is 5.32 Å². The van der Waals surface area contributed by atoms with Gasteiger partial charge in [0.1, 0.15) is 0 Å². The molecule has 3 atom stereocenters. The van der Waals surface area contributed by atoms with Crippen LogP contribution in [0.25, 0.3) is 0 Å². The van der Waals surface area contributed by atoms with Gasteiger partial charge in [-0.2, -0.15) is 0 Å². The van der Waals surface area contributed by atoms with E-state index in [4.69, 9.17) is 4.74 Å². The van der Waals surface area contributed by atoms with E-state index in [0.29, 0.717) is 6.10 Å². The third-order valence-corrected chi connectivity index (χ3v) is 4.25. The highest BCUT2D eigenvalue weighted by Crippen LogP contribution is 2.18. The highest BCUT2D eigenvalue weighted by Gasteiger charge is 2.25. The smallest absolute Gasteiger partial charge is 0.173 e. The first-order valence-electron chi connectivity index (χ1n) is 5.35. The first kappa shape index (κ1) is 11.1. The third-order valence-electron chi connectivity index (χ3n) is 2.86. The van der Waals surface area contributed by atoms with Crippen LogP contribution in [0.4, 0.5) is 0 Å². The highest BCUT2D eigenvalue weighted by molar-refractivity contribution is 7.94. The predicted octanol–water partition coefficient (Wildman–Crippen LogP) is 0.454. The molecule has 0 aromatic carbocycles. The lowest BCUT2D eigenvalue weighted by molar-refractivity contribution is 0.0555. The molecule has 0 aromatic rings. The summed E-state index contributed by atoms with van der Waals surface area (Å²) in [5, 5.41) is 4.50. The Morgan fingerprint density at radius 2 is 2.27 bits per heavy atom. The monoisotopic (exact) mass is 231 g/mol. The van der Waals surface area contributed by atoms with Crippen molar-refractivity contribution in [2.45, 2.75) is 38.0 Å². The van der Waals surface area contributed by atoms with Gasteiger partial charge in [-0.15, -0.1) is 0 Å². The van der Waals surface area contributed by atoms with Crippen molar-refractivity contribution in [3.63, 3.8) is 0 Å².